The van der Waals surface area contributed by atoms with Gasteiger partial charge in [0, 0.05) is 16.7 Å². The minimum atomic E-state index is 0.191. The van der Waals surface area contributed by atoms with Gasteiger partial charge in [-0.25, -0.2) is 4.98 Å². The summed E-state index contributed by atoms with van der Waals surface area (Å²) in [5, 5.41) is 4.63. The lowest BCUT2D eigenvalue weighted by Gasteiger charge is -2.26. The van der Waals surface area contributed by atoms with Gasteiger partial charge in [0.25, 0.3) is 0 Å². The van der Waals surface area contributed by atoms with Crippen LogP contribution in [0.5, 0.6) is 0 Å². The van der Waals surface area contributed by atoms with Gasteiger partial charge in [0.2, 0.25) is 0 Å². The van der Waals surface area contributed by atoms with Gasteiger partial charge in [-0.15, -0.1) is 11.3 Å². The van der Waals surface area contributed by atoms with Crippen molar-refractivity contribution in [3.05, 3.63) is 15.6 Å². The highest BCUT2D eigenvalue weighted by Gasteiger charge is 2.23. The Hall–Kier alpha value is -0.410. The second kappa shape index (κ2) is 3.87. The Morgan fingerprint density at radius 1 is 1.40 bits per heavy atom. The van der Waals surface area contributed by atoms with Gasteiger partial charge in [0.1, 0.15) is 0 Å². The van der Waals surface area contributed by atoms with Gasteiger partial charge >= 0.3 is 0 Å². The van der Waals surface area contributed by atoms with E-state index >= 15 is 0 Å². The molecule has 3 heteroatoms. The fourth-order valence-corrected chi connectivity index (χ4v) is 3.23. The van der Waals surface area contributed by atoms with Gasteiger partial charge in [-0.05, 0) is 25.9 Å². The Labute approximate surface area is 96.1 Å². The molecule has 1 aliphatic rings. The number of nitrogens with zero attached hydrogens (tertiary/aromatic N) is 1. The summed E-state index contributed by atoms with van der Waals surface area (Å²) in [6.07, 6.45) is 1.16. The number of aryl methyl sites for hydroxylation is 1. The Kier molecular flexibility index (Phi) is 2.86. The Morgan fingerprint density at radius 2 is 2.07 bits per heavy atom. The van der Waals surface area contributed by atoms with E-state index in [9.17, 15) is 0 Å². The largest absolute Gasteiger partial charge is 0.316 e. The second-order valence-corrected chi connectivity index (χ2v) is 6.78. The first-order chi connectivity index (χ1) is 6.97. The Morgan fingerprint density at radius 3 is 2.47 bits per heavy atom. The average Bonchev–Trinajstić information content (AvgIpc) is 2.38. The van der Waals surface area contributed by atoms with Crippen molar-refractivity contribution >= 4 is 11.3 Å². The second-order valence-electron chi connectivity index (χ2n) is 5.49. The van der Waals surface area contributed by atoms with Crippen molar-refractivity contribution < 1.29 is 0 Å². The molecule has 2 heterocycles. The number of thiazole rings is 1. The zero-order valence-corrected chi connectivity index (χ0v) is 10.9. The molecule has 0 saturated carbocycles. The highest BCUT2D eigenvalue weighted by molar-refractivity contribution is 7.11. The molecule has 0 aliphatic carbocycles. The van der Waals surface area contributed by atoms with Crippen molar-refractivity contribution in [1.29, 1.82) is 0 Å². The van der Waals surface area contributed by atoms with Crippen molar-refractivity contribution in [1.82, 2.24) is 10.3 Å². The molecule has 0 bridgehead atoms. The summed E-state index contributed by atoms with van der Waals surface area (Å²) < 4.78 is 0. The van der Waals surface area contributed by atoms with E-state index in [1.807, 2.05) is 11.3 Å². The van der Waals surface area contributed by atoms with Crippen LogP contribution in [0.1, 0.15) is 36.3 Å². The molecule has 0 atom stereocenters. The van der Waals surface area contributed by atoms with Crippen molar-refractivity contribution in [3.63, 3.8) is 0 Å². The van der Waals surface area contributed by atoms with Crippen LogP contribution in [0.15, 0.2) is 0 Å². The predicted octanol–water partition coefficient (Wildman–Crippen LogP) is 2.51. The first kappa shape index (κ1) is 11.1. The fraction of sp³-hybridized carbons (Fsp3) is 0.750. The third kappa shape index (κ3) is 2.40. The van der Waals surface area contributed by atoms with Crippen LogP contribution in [0.25, 0.3) is 0 Å². The molecule has 1 saturated heterocycles. The third-order valence-electron chi connectivity index (χ3n) is 2.88. The Balaban J connectivity index is 2.13. The van der Waals surface area contributed by atoms with Crippen molar-refractivity contribution in [2.75, 3.05) is 13.1 Å². The number of aromatic nitrogens is 1. The molecule has 0 amide bonds. The molecule has 15 heavy (non-hydrogen) atoms. The summed E-state index contributed by atoms with van der Waals surface area (Å²) >= 11 is 1.88. The minimum absolute atomic E-state index is 0.191. The molecule has 0 unspecified atom stereocenters. The van der Waals surface area contributed by atoms with Gasteiger partial charge < -0.3 is 5.32 Å². The molecular formula is C12H20N2S. The maximum absolute atomic E-state index is 4.79. The molecule has 0 spiro atoms. The molecule has 2 nitrogen and oxygen atoms in total. The summed E-state index contributed by atoms with van der Waals surface area (Å²) in [7, 11) is 0. The van der Waals surface area contributed by atoms with Gasteiger partial charge in [0.15, 0.2) is 0 Å². The number of hydrogen-bond acceptors (Lipinski definition) is 3. The van der Waals surface area contributed by atoms with Crippen LogP contribution in [-0.2, 0) is 11.8 Å². The normalized spacial score (nSPS) is 17.9. The first-order valence-electron chi connectivity index (χ1n) is 5.64. The van der Waals surface area contributed by atoms with Crippen LogP contribution in [0, 0.1) is 12.8 Å². The fourth-order valence-electron chi connectivity index (χ4n) is 1.97. The molecule has 0 aromatic carbocycles. The monoisotopic (exact) mass is 224 g/mol. The number of hydrogen-bond donors (Lipinski definition) is 1. The van der Waals surface area contributed by atoms with Crippen LogP contribution >= 0.6 is 11.3 Å². The standard InChI is InChI=1S/C12H20N2S/c1-8-11(12(2,3)4)14-10(15-8)5-9-6-13-7-9/h9,13H,5-7H2,1-4H3. The molecule has 1 aromatic rings. The summed E-state index contributed by atoms with van der Waals surface area (Å²) in [5.41, 5.74) is 1.48. The molecule has 84 valence electrons. The zero-order valence-electron chi connectivity index (χ0n) is 10.1. The summed E-state index contributed by atoms with van der Waals surface area (Å²) in [4.78, 5) is 6.19. The SMILES string of the molecule is Cc1sc(CC2CNC2)nc1C(C)(C)C. The highest BCUT2D eigenvalue weighted by atomic mass is 32.1. The molecule has 2 rings (SSSR count). The van der Waals surface area contributed by atoms with Crippen molar-refractivity contribution in [2.24, 2.45) is 5.92 Å². The maximum Gasteiger partial charge on any atom is 0.0934 e. The van der Waals surface area contributed by atoms with Crippen LogP contribution < -0.4 is 5.32 Å². The van der Waals surface area contributed by atoms with Crippen molar-refractivity contribution in [2.45, 2.75) is 39.5 Å². The van der Waals surface area contributed by atoms with Gasteiger partial charge in [0.05, 0.1) is 10.7 Å². The Bertz CT molecular complexity index is 345. The van der Waals surface area contributed by atoms with Gasteiger partial charge in [-0.2, -0.15) is 0 Å². The zero-order chi connectivity index (χ0) is 11.1. The van der Waals surface area contributed by atoms with E-state index in [1.165, 1.54) is 28.7 Å². The van der Waals surface area contributed by atoms with E-state index in [2.05, 4.69) is 33.0 Å². The van der Waals surface area contributed by atoms with Crippen LogP contribution in [0.2, 0.25) is 0 Å². The summed E-state index contributed by atoms with van der Waals surface area (Å²) in [6, 6.07) is 0. The van der Waals surface area contributed by atoms with Crippen molar-refractivity contribution in [3.8, 4) is 0 Å². The lowest BCUT2D eigenvalue weighted by Crippen LogP contribution is -2.43. The molecular weight excluding hydrogens is 204 g/mol. The number of rotatable bonds is 2. The van der Waals surface area contributed by atoms with Gasteiger partial charge in [-0.1, -0.05) is 20.8 Å². The van der Waals surface area contributed by atoms with E-state index in [4.69, 9.17) is 4.98 Å². The van der Waals surface area contributed by atoms with Crippen LogP contribution in [-0.4, -0.2) is 18.1 Å². The van der Waals surface area contributed by atoms with E-state index in [0.717, 1.165) is 12.3 Å². The molecule has 1 fully saturated rings. The average molecular weight is 224 g/mol. The van der Waals surface area contributed by atoms with Crippen LogP contribution in [0.3, 0.4) is 0 Å². The van der Waals surface area contributed by atoms with E-state index in [0.29, 0.717) is 0 Å². The summed E-state index contributed by atoms with van der Waals surface area (Å²) in [5.74, 6) is 0.823. The molecule has 0 radical (unpaired) electrons. The topological polar surface area (TPSA) is 24.9 Å². The first-order valence-corrected chi connectivity index (χ1v) is 6.46. The molecule has 1 aromatic heterocycles. The quantitative estimate of drug-likeness (QED) is 0.835. The summed E-state index contributed by atoms with van der Waals surface area (Å²) in [6.45, 7) is 11.3. The lowest BCUT2D eigenvalue weighted by molar-refractivity contribution is 0.346. The van der Waals surface area contributed by atoms with Crippen LogP contribution in [0.4, 0.5) is 0 Å². The highest BCUT2D eigenvalue weighted by Crippen LogP contribution is 2.30. The van der Waals surface area contributed by atoms with Gasteiger partial charge in [-0.3, -0.25) is 0 Å². The molecule has 1 N–H and O–H groups in total. The molecule has 1 aliphatic heterocycles. The smallest absolute Gasteiger partial charge is 0.0934 e. The predicted molar refractivity (Wildman–Crippen MR) is 65.6 cm³/mol. The third-order valence-corrected chi connectivity index (χ3v) is 3.87. The minimum Gasteiger partial charge on any atom is -0.316 e. The maximum atomic E-state index is 4.79. The van der Waals surface area contributed by atoms with E-state index < -0.39 is 0 Å². The van der Waals surface area contributed by atoms with E-state index in [-0.39, 0.29) is 5.41 Å². The lowest BCUT2D eigenvalue weighted by atomic mass is 9.91. The van der Waals surface area contributed by atoms with E-state index in [1.54, 1.807) is 0 Å². The number of nitrogens with one attached hydrogen (secondary N) is 1.